The van der Waals surface area contributed by atoms with E-state index < -0.39 is 36.6 Å². The molecule has 1 aliphatic heterocycles. The van der Waals surface area contributed by atoms with Gasteiger partial charge in [0.1, 0.15) is 17.2 Å². The van der Waals surface area contributed by atoms with Crippen molar-refractivity contribution < 1.29 is 72.0 Å². The largest absolute Gasteiger partial charge is 0.864 e. The van der Waals surface area contributed by atoms with E-state index in [1.165, 1.54) is 21.3 Å². The first kappa shape index (κ1) is 42.9. The smallest absolute Gasteiger partial charge is 0.490 e. The second-order valence-corrected chi connectivity index (χ2v) is 8.92. The lowest BCUT2D eigenvalue weighted by molar-refractivity contribution is 0.0958. The Bertz CT molecular complexity index is 993. The van der Waals surface area contributed by atoms with Crippen LogP contribution in [0.5, 0.6) is 17.2 Å². The van der Waals surface area contributed by atoms with Crippen molar-refractivity contribution in [2.45, 2.75) is 0 Å². The van der Waals surface area contributed by atoms with Crippen LogP contribution in [-0.2, 0) is 27.7 Å². The molecule has 0 aliphatic carbocycles. The maximum Gasteiger partial charge on any atom is 0.864 e. The number of para-hydroxylation sites is 3. The Labute approximate surface area is 282 Å². The van der Waals surface area contributed by atoms with Crippen LogP contribution in [0.15, 0.2) is 91.0 Å². The van der Waals surface area contributed by atoms with E-state index in [1.54, 1.807) is 4.90 Å². The van der Waals surface area contributed by atoms with Crippen molar-refractivity contribution in [3.63, 3.8) is 0 Å². The van der Waals surface area contributed by atoms with E-state index >= 15 is 0 Å². The average Bonchev–Trinajstić information content (AvgIpc) is 3.10. The van der Waals surface area contributed by atoms with Crippen LogP contribution in [0.1, 0.15) is 0 Å². The molecule has 1 fully saturated rings. The van der Waals surface area contributed by atoms with Crippen LogP contribution in [0.4, 0.5) is 0 Å². The molecule has 1 saturated heterocycles. The van der Waals surface area contributed by atoms with Crippen LogP contribution < -0.4 is 14.0 Å². The SMILES string of the molecule is COB1OB(OC)OB(OC)O1.OB(O)O.OCCN(CCO)CCO.c1ccc(OB(Oc2ccccc2)Oc2ccccc2)cc1. The maximum atomic E-state index is 8.48. The summed E-state index contributed by atoms with van der Waals surface area (Å²) in [5.41, 5.74) is 0. The fraction of sp³-hybridized carbons (Fsp3) is 0.333. The highest BCUT2D eigenvalue weighted by molar-refractivity contribution is 6.66. The summed E-state index contributed by atoms with van der Waals surface area (Å²) >= 11 is 0. The van der Waals surface area contributed by atoms with Crippen molar-refractivity contribution in [3.05, 3.63) is 91.0 Å². The fourth-order valence-electron chi connectivity index (χ4n) is 3.36. The first-order valence-electron chi connectivity index (χ1n) is 14.6. The first-order valence-corrected chi connectivity index (χ1v) is 14.6. The van der Waals surface area contributed by atoms with Gasteiger partial charge in [-0.15, -0.1) is 0 Å². The minimum Gasteiger partial charge on any atom is -0.490 e. The number of aliphatic hydroxyl groups excluding tert-OH is 3. The lowest BCUT2D eigenvalue weighted by Crippen LogP contribution is -2.51. The molecule has 4 rings (SSSR count). The standard InChI is InChI=1S/C18H15BO3.C6H15NO3.C3H9B3O6.BH3O3/c1-4-10-16(11-5-1)20-19(21-17-12-6-2-7-13-17)22-18-14-8-3-9-15-18;8-4-1-7(2-5-9)3-6-10;1-7-4-10-5(8-2)12-6(9-3)11-4;2-1(3)4/h1-15H;8-10H,1-6H2;1-3H3;2-4H. The van der Waals surface area contributed by atoms with Gasteiger partial charge < -0.3 is 72.0 Å². The number of hydrogen-bond donors (Lipinski definition) is 6. The molecule has 1 aliphatic rings. The summed E-state index contributed by atoms with van der Waals surface area (Å²) in [5.74, 6) is 2.04. The predicted molar refractivity (Wildman–Crippen MR) is 179 cm³/mol. The Morgan fingerprint density at radius 3 is 0.979 bits per heavy atom. The van der Waals surface area contributed by atoms with Gasteiger partial charge in [0, 0.05) is 41.0 Å². The zero-order chi connectivity index (χ0) is 35.4. The summed E-state index contributed by atoms with van der Waals surface area (Å²) in [6.45, 7) is 1.75. The molecule has 0 bridgehead atoms. The third-order valence-corrected chi connectivity index (χ3v) is 5.42. The highest BCUT2D eigenvalue weighted by Crippen LogP contribution is 2.17. The van der Waals surface area contributed by atoms with Gasteiger partial charge in [0.15, 0.2) is 0 Å². The van der Waals surface area contributed by atoms with Crippen LogP contribution in [0.25, 0.3) is 0 Å². The van der Waals surface area contributed by atoms with Crippen LogP contribution in [0.3, 0.4) is 0 Å². The number of aliphatic hydroxyl groups is 3. The molecule has 3 aromatic carbocycles. The van der Waals surface area contributed by atoms with Gasteiger partial charge in [0.25, 0.3) is 0 Å². The van der Waals surface area contributed by atoms with Gasteiger partial charge in [-0.3, -0.25) is 4.90 Å². The molecule has 0 aromatic heterocycles. The van der Waals surface area contributed by atoms with Crippen LogP contribution in [-0.4, -0.2) is 133 Å². The molecule has 1 heterocycles. The Morgan fingerprint density at radius 1 is 0.521 bits per heavy atom. The first-order chi connectivity index (χ1) is 23.3. The molecule has 260 valence electrons. The highest BCUT2D eigenvalue weighted by Gasteiger charge is 2.45. The van der Waals surface area contributed by atoms with Crippen molar-refractivity contribution in [2.75, 3.05) is 60.8 Å². The third kappa shape index (κ3) is 21.0. The lowest BCUT2D eigenvalue weighted by Gasteiger charge is -2.25. The van der Waals surface area contributed by atoms with Crippen LogP contribution in [0.2, 0.25) is 0 Å². The predicted octanol–water partition coefficient (Wildman–Crippen LogP) is -0.634. The van der Waals surface area contributed by atoms with E-state index in [0.717, 1.165) is 0 Å². The van der Waals surface area contributed by atoms with E-state index in [9.17, 15) is 0 Å². The van der Waals surface area contributed by atoms with Crippen molar-refractivity contribution >= 4 is 36.6 Å². The number of benzene rings is 3. The lowest BCUT2D eigenvalue weighted by atomic mass is 9.97. The minimum atomic E-state index is -2.17. The molecule has 6 N–H and O–H groups in total. The average molecular weight is 675 g/mol. The van der Waals surface area contributed by atoms with E-state index in [-0.39, 0.29) is 19.8 Å². The Balaban J connectivity index is 0.000000375. The van der Waals surface area contributed by atoms with Gasteiger partial charge in [-0.2, -0.15) is 0 Å². The molecule has 16 nitrogen and oxygen atoms in total. The normalized spacial score (nSPS) is 12.0. The second-order valence-electron chi connectivity index (χ2n) is 8.92. The van der Waals surface area contributed by atoms with Gasteiger partial charge in [-0.25, -0.2) is 0 Å². The number of hydrogen-bond acceptors (Lipinski definition) is 16. The zero-order valence-electron chi connectivity index (χ0n) is 27.1. The van der Waals surface area contributed by atoms with E-state index in [1.807, 2.05) is 91.0 Å². The topological polar surface area (TPSA) is 208 Å². The molecule has 0 unspecified atom stereocenters. The third-order valence-electron chi connectivity index (χ3n) is 5.42. The molecule has 0 atom stereocenters. The van der Waals surface area contributed by atoms with Gasteiger partial charge in [0.05, 0.1) is 19.8 Å². The summed E-state index contributed by atoms with van der Waals surface area (Å²) < 4.78 is 46.5. The molecule has 0 spiro atoms. The van der Waals surface area contributed by atoms with Gasteiger partial charge in [0.2, 0.25) is 0 Å². The fourth-order valence-corrected chi connectivity index (χ4v) is 3.36. The molecular weight excluding hydrogens is 632 g/mol. The van der Waals surface area contributed by atoms with E-state index in [0.29, 0.717) is 36.9 Å². The van der Waals surface area contributed by atoms with Gasteiger partial charge in [-0.05, 0) is 36.4 Å². The Morgan fingerprint density at radius 2 is 0.771 bits per heavy atom. The van der Waals surface area contributed by atoms with Crippen LogP contribution >= 0.6 is 0 Å². The van der Waals surface area contributed by atoms with Gasteiger partial charge >= 0.3 is 36.6 Å². The van der Waals surface area contributed by atoms with E-state index in [2.05, 4.69) is 0 Å². The van der Waals surface area contributed by atoms with Gasteiger partial charge in [-0.1, -0.05) is 54.6 Å². The summed E-state index contributed by atoms with van der Waals surface area (Å²) in [5, 5.41) is 47.0. The molecule has 48 heavy (non-hydrogen) atoms. The Kier molecular flexibility index (Phi) is 24.8. The van der Waals surface area contributed by atoms with Crippen molar-refractivity contribution in [2.24, 2.45) is 0 Å². The molecule has 3 aromatic rings. The summed E-state index contributed by atoms with van der Waals surface area (Å²) in [7, 11) is -1.19. The molecule has 0 radical (unpaired) electrons. The minimum absolute atomic E-state index is 0.0694. The highest BCUT2D eigenvalue weighted by atomic mass is 16.9. The maximum absolute atomic E-state index is 8.48. The van der Waals surface area contributed by atoms with Crippen LogP contribution in [0, 0.1) is 0 Å². The number of rotatable bonds is 15. The summed E-state index contributed by atoms with van der Waals surface area (Å²) in [6.07, 6.45) is 0. The summed E-state index contributed by atoms with van der Waals surface area (Å²) in [4.78, 5) is 1.79. The zero-order valence-corrected chi connectivity index (χ0v) is 27.1. The van der Waals surface area contributed by atoms with Crippen molar-refractivity contribution in [3.8, 4) is 17.2 Å². The monoisotopic (exact) mass is 675 g/mol. The molecule has 0 saturated carbocycles. The van der Waals surface area contributed by atoms with Crippen molar-refractivity contribution in [1.29, 1.82) is 0 Å². The Hall–Kier alpha value is -3.14. The molecule has 21 heteroatoms. The van der Waals surface area contributed by atoms with Crippen molar-refractivity contribution in [1.82, 2.24) is 4.90 Å². The number of nitrogens with zero attached hydrogens (tertiary/aromatic N) is 1. The summed E-state index contributed by atoms with van der Waals surface area (Å²) in [6, 6.07) is 28.3. The molecular formula is C27H42B5NO15. The second kappa shape index (κ2) is 27.8. The molecule has 0 amide bonds. The van der Waals surface area contributed by atoms with E-state index in [4.69, 9.17) is 72.0 Å². The quantitative estimate of drug-likeness (QED) is 0.111.